The molecule has 4 heteroatoms. The minimum absolute atomic E-state index is 0.0129. The fourth-order valence-corrected chi connectivity index (χ4v) is 6.15. The van der Waals surface area contributed by atoms with Gasteiger partial charge in [0.1, 0.15) is 11.2 Å². The first-order chi connectivity index (χ1) is 20.2. The highest BCUT2D eigenvalue weighted by atomic mass is 16.3. The van der Waals surface area contributed by atoms with Gasteiger partial charge in [-0.25, -0.2) is 0 Å². The Hall–Kier alpha value is -5.53. The van der Waals surface area contributed by atoms with Crippen molar-refractivity contribution in [3.05, 3.63) is 132 Å². The van der Waals surface area contributed by atoms with Gasteiger partial charge in [0.05, 0.1) is 28.7 Å². The molecule has 8 rings (SSSR count). The summed E-state index contributed by atoms with van der Waals surface area (Å²) in [5.74, 6) is 0. The summed E-state index contributed by atoms with van der Waals surface area (Å²) in [5, 5.41) is 17.4. The lowest BCUT2D eigenvalue weighted by Crippen LogP contribution is -2.28. The molecule has 194 valence electrons. The molecule has 1 atom stereocenters. The molecule has 1 N–H and O–H groups in total. The zero-order valence-corrected chi connectivity index (χ0v) is 22.4. The van der Waals surface area contributed by atoms with Crippen molar-refractivity contribution < 1.29 is 4.42 Å². The summed E-state index contributed by atoms with van der Waals surface area (Å²) >= 11 is 0. The normalized spacial score (nSPS) is 15.2. The van der Waals surface area contributed by atoms with E-state index in [2.05, 4.69) is 113 Å². The SMILES string of the molecule is CC1NC(c2cccc(-c3cccc(-n4c5ccccc5c5cc6oc7ccccc7c6cc54)c3)c2)=CC=C1C#N. The van der Waals surface area contributed by atoms with E-state index in [-0.39, 0.29) is 6.04 Å². The lowest BCUT2D eigenvalue weighted by molar-refractivity contribution is 0.669. The van der Waals surface area contributed by atoms with E-state index in [1.807, 2.05) is 31.2 Å². The van der Waals surface area contributed by atoms with Crippen LogP contribution in [0.1, 0.15) is 12.5 Å². The van der Waals surface area contributed by atoms with Gasteiger partial charge in [-0.3, -0.25) is 0 Å². The number of furan rings is 1. The first-order valence-electron chi connectivity index (χ1n) is 13.8. The molecule has 0 spiro atoms. The molecule has 0 fully saturated rings. The van der Waals surface area contributed by atoms with E-state index in [0.717, 1.165) is 66.6 Å². The third kappa shape index (κ3) is 3.67. The Bertz CT molecular complexity index is 2270. The highest BCUT2D eigenvalue weighted by Crippen LogP contribution is 2.38. The number of benzene rings is 5. The minimum Gasteiger partial charge on any atom is -0.456 e. The smallest absolute Gasteiger partial charge is 0.136 e. The van der Waals surface area contributed by atoms with Crippen LogP contribution >= 0.6 is 0 Å². The standard InChI is InChI=1S/C37H25N3O/c1-23-27(22-38)16-17-33(39-23)26-10-6-8-24(18-26)25-9-7-11-28(19-25)40-34-14-4-2-12-29(34)31-21-37-32(20-35(31)40)30-13-3-5-15-36(30)41-37/h2-21,23,39H,1H3. The van der Waals surface area contributed by atoms with E-state index < -0.39 is 0 Å². The second-order valence-electron chi connectivity index (χ2n) is 10.6. The molecular weight excluding hydrogens is 502 g/mol. The van der Waals surface area contributed by atoms with E-state index in [4.69, 9.17) is 4.42 Å². The molecule has 0 saturated heterocycles. The Morgan fingerprint density at radius 3 is 2.27 bits per heavy atom. The summed E-state index contributed by atoms with van der Waals surface area (Å²) in [5.41, 5.74) is 10.4. The molecule has 0 amide bonds. The van der Waals surface area contributed by atoms with E-state index in [0.29, 0.717) is 0 Å². The van der Waals surface area contributed by atoms with E-state index in [1.54, 1.807) is 0 Å². The Morgan fingerprint density at radius 1 is 0.659 bits per heavy atom. The molecule has 1 aliphatic heterocycles. The van der Waals surface area contributed by atoms with E-state index in [9.17, 15) is 5.26 Å². The Labute approximate surface area is 237 Å². The van der Waals surface area contributed by atoms with Gasteiger partial charge in [0.15, 0.2) is 0 Å². The maximum Gasteiger partial charge on any atom is 0.136 e. The third-order valence-electron chi connectivity index (χ3n) is 8.18. The molecule has 7 aromatic rings. The molecule has 1 aliphatic rings. The van der Waals surface area contributed by atoms with Crippen molar-refractivity contribution >= 4 is 49.4 Å². The second kappa shape index (κ2) is 9.01. The van der Waals surface area contributed by atoms with Crippen LogP contribution in [0.3, 0.4) is 0 Å². The molecule has 3 heterocycles. The number of para-hydroxylation sites is 2. The molecule has 41 heavy (non-hydrogen) atoms. The van der Waals surface area contributed by atoms with Crippen molar-refractivity contribution in [2.75, 3.05) is 0 Å². The number of hydrogen-bond acceptors (Lipinski definition) is 3. The quantitative estimate of drug-likeness (QED) is 0.249. The molecule has 1 unspecified atom stereocenters. The van der Waals surface area contributed by atoms with Gasteiger partial charge in [-0.15, -0.1) is 0 Å². The van der Waals surface area contributed by atoms with Crippen LogP contribution in [0.25, 0.3) is 66.3 Å². The fourth-order valence-electron chi connectivity index (χ4n) is 6.15. The van der Waals surface area contributed by atoms with Gasteiger partial charge < -0.3 is 14.3 Å². The van der Waals surface area contributed by atoms with Crippen LogP contribution in [-0.4, -0.2) is 10.6 Å². The number of aromatic nitrogens is 1. The van der Waals surface area contributed by atoms with Crippen molar-refractivity contribution in [2.24, 2.45) is 0 Å². The van der Waals surface area contributed by atoms with Gasteiger partial charge in [-0.05, 0) is 78.2 Å². The third-order valence-corrected chi connectivity index (χ3v) is 8.18. The van der Waals surface area contributed by atoms with Gasteiger partial charge in [0.2, 0.25) is 0 Å². The molecule has 0 aliphatic carbocycles. The van der Waals surface area contributed by atoms with Crippen LogP contribution in [0.2, 0.25) is 0 Å². The minimum atomic E-state index is -0.0129. The van der Waals surface area contributed by atoms with Gasteiger partial charge in [0, 0.05) is 32.9 Å². The van der Waals surface area contributed by atoms with Crippen molar-refractivity contribution in [1.82, 2.24) is 9.88 Å². The number of dihydropyridines is 1. The van der Waals surface area contributed by atoms with Crippen LogP contribution < -0.4 is 5.32 Å². The highest BCUT2D eigenvalue weighted by Gasteiger charge is 2.17. The number of allylic oxidation sites excluding steroid dienone is 2. The average Bonchev–Trinajstić information content (AvgIpc) is 3.55. The first kappa shape index (κ1) is 23.4. The summed E-state index contributed by atoms with van der Waals surface area (Å²) in [4.78, 5) is 0. The van der Waals surface area contributed by atoms with E-state index in [1.165, 1.54) is 10.8 Å². The summed E-state index contributed by atoms with van der Waals surface area (Å²) in [6.07, 6.45) is 3.90. The van der Waals surface area contributed by atoms with Crippen LogP contribution in [0.4, 0.5) is 0 Å². The van der Waals surface area contributed by atoms with Crippen molar-refractivity contribution in [3.8, 4) is 22.9 Å². The predicted octanol–water partition coefficient (Wildman–Crippen LogP) is 9.13. The number of hydrogen-bond donors (Lipinski definition) is 1. The molecule has 5 aromatic carbocycles. The summed E-state index contributed by atoms with van der Waals surface area (Å²) < 4.78 is 8.60. The van der Waals surface area contributed by atoms with Gasteiger partial charge in [0.25, 0.3) is 0 Å². The van der Waals surface area contributed by atoms with Crippen LogP contribution in [0, 0.1) is 11.3 Å². The van der Waals surface area contributed by atoms with E-state index >= 15 is 0 Å². The van der Waals surface area contributed by atoms with Crippen LogP contribution in [-0.2, 0) is 0 Å². The van der Waals surface area contributed by atoms with Gasteiger partial charge >= 0.3 is 0 Å². The summed E-state index contributed by atoms with van der Waals surface area (Å²) in [6, 6.07) is 40.8. The first-order valence-corrected chi connectivity index (χ1v) is 13.8. The Kier molecular flexibility index (Phi) is 5.13. The highest BCUT2D eigenvalue weighted by molar-refractivity contribution is 6.17. The maximum absolute atomic E-state index is 9.34. The average molecular weight is 528 g/mol. The topological polar surface area (TPSA) is 53.9 Å². The number of fused-ring (bicyclic) bond motifs is 6. The molecule has 0 bridgehead atoms. The fraction of sp³-hybridized carbons (Fsp3) is 0.0541. The van der Waals surface area contributed by atoms with Crippen molar-refractivity contribution in [3.63, 3.8) is 0 Å². The van der Waals surface area contributed by atoms with Crippen LogP contribution in [0.5, 0.6) is 0 Å². The largest absolute Gasteiger partial charge is 0.456 e. The lowest BCUT2D eigenvalue weighted by atomic mass is 9.98. The van der Waals surface area contributed by atoms with Gasteiger partial charge in [-0.2, -0.15) is 5.26 Å². The maximum atomic E-state index is 9.34. The van der Waals surface area contributed by atoms with Crippen molar-refractivity contribution in [1.29, 1.82) is 5.26 Å². The zero-order valence-electron chi connectivity index (χ0n) is 22.4. The number of rotatable bonds is 3. The number of nitrogens with one attached hydrogen (secondary N) is 1. The molecule has 0 radical (unpaired) electrons. The molecular formula is C37H25N3O. The summed E-state index contributed by atoms with van der Waals surface area (Å²) in [7, 11) is 0. The van der Waals surface area contributed by atoms with Gasteiger partial charge in [-0.1, -0.05) is 66.7 Å². The lowest BCUT2D eigenvalue weighted by Gasteiger charge is -2.21. The summed E-state index contributed by atoms with van der Waals surface area (Å²) in [6.45, 7) is 2.02. The second-order valence-corrected chi connectivity index (χ2v) is 10.6. The van der Waals surface area contributed by atoms with Crippen molar-refractivity contribution in [2.45, 2.75) is 13.0 Å². The monoisotopic (exact) mass is 527 g/mol. The Balaban J connectivity index is 1.30. The Morgan fingerprint density at radius 2 is 1.41 bits per heavy atom. The molecule has 0 saturated carbocycles. The molecule has 2 aromatic heterocycles. The number of nitriles is 1. The zero-order chi connectivity index (χ0) is 27.5. The predicted molar refractivity (Wildman–Crippen MR) is 168 cm³/mol. The number of nitrogens with zero attached hydrogens (tertiary/aromatic N) is 2. The molecule has 4 nitrogen and oxygen atoms in total. The van der Waals surface area contributed by atoms with Crippen LogP contribution in [0.15, 0.2) is 131 Å².